The standard InChI is InChI=1S/C13H18N2O4S2/c16-20(17)8-6-10(9-20)15-21(18,19)13-5-1-4-12-11(13)3-2-7-14-12/h1,4-5,10,14-15H,2-3,6-9H2. The van der Waals surface area contributed by atoms with E-state index in [1.165, 1.54) is 0 Å². The minimum absolute atomic E-state index is 0.0502. The van der Waals surface area contributed by atoms with E-state index in [-0.39, 0.29) is 16.4 Å². The summed E-state index contributed by atoms with van der Waals surface area (Å²) in [5, 5.41) is 3.19. The van der Waals surface area contributed by atoms with E-state index in [2.05, 4.69) is 10.0 Å². The highest BCUT2D eigenvalue weighted by molar-refractivity contribution is 7.92. The molecule has 8 heteroatoms. The molecule has 3 rings (SSSR count). The zero-order valence-corrected chi connectivity index (χ0v) is 13.1. The van der Waals surface area contributed by atoms with Crippen molar-refractivity contribution in [2.24, 2.45) is 0 Å². The van der Waals surface area contributed by atoms with Crippen molar-refractivity contribution in [2.75, 3.05) is 23.4 Å². The molecule has 0 aromatic heterocycles. The molecule has 0 aliphatic carbocycles. The fraction of sp³-hybridized carbons (Fsp3) is 0.538. The molecule has 0 amide bonds. The zero-order chi connectivity index (χ0) is 15.1. The summed E-state index contributed by atoms with van der Waals surface area (Å²) in [4.78, 5) is 0.261. The molecule has 1 aromatic carbocycles. The molecule has 1 atom stereocenters. The van der Waals surface area contributed by atoms with Crippen molar-refractivity contribution in [3.05, 3.63) is 23.8 Å². The zero-order valence-electron chi connectivity index (χ0n) is 11.5. The maximum absolute atomic E-state index is 12.5. The van der Waals surface area contributed by atoms with Crippen LogP contribution in [-0.2, 0) is 26.3 Å². The Morgan fingerprint density at radius 3 is 2.81 bits per heavy atom. The van der Waals surface area contributed by atoms with Gasteiger partial charge in [-0.25, -0.2) is 21.6 Å². The van der Waals surface area contributed by atoms with Crippen LogP contribution < -0.4 is 10.0 Å². The van der Waals surface area contributed by atoms with Gasteiger partial charge in [0.25, 0.3) is 0 Å². The van der Waals surface area contributed by atoms with Gasteiger partial charge in [0.2, 0.25) is 10.0 Å². The average molecular weight is 330 g/mol. The number of nitrogens with one attached hydrogen (secondary N) is 2. The number of sulfone groups is 1. The van der Waals surface area contributed by atoms with E-state index in [1.807, 2.05) is 6.07 Å². The van der Waals surface area contributed by atoms with E-state index < -0.39 is 25.9 Å². The monoisotopic (exact) mass is 330 g/mol. The molecule has 6 nitrogen and oxygen atoms in total. The second-order valence-corrected chi connectivity index (χ2v) is 9.44. The summed E-state index contributed by atoms with van der Waals surface area (Å²) in [6, 6.07) is 4.63. The first-order chi connectivity index (χ1) is 9.87. The van der Waals surface area contributed by atoms with E-state index in [9.17, 15) is 16.8 Å². The van der Waals surface area contributed by atoms with E-state index in [4.69, 9.17) is 0 Å². The third-order valence-corrected chi connectivity index (χ3v) is 7.27. The second-order valence-electron chi connectivity index (χ2n) is 5.53. The first-order valence-corrected chi connectivity index (χ1v) is 10.3. The van der Waals surface area contributed by atoms with Gasteiger partial charge < -0.3 is 5.32 Å². The van der Waals surface area contributed by atoms with Gasteiger partial charge in [-0.1, -0.05) is 6.07 Å². The molecule has 0 spiro atoms. The average Bonchev–Trinajstić information content (AvgIpc) is 2.76. The lowest BCUT2D eigenvalue weighted by Gasteiger charge is -2.21. The topological polar surface area (TPSA) is 92.3 Å². The lowest BCUT2D eigenvalue weighted by atomic mass is 10.0. The van der Waals surface area contributed by atoms with Crippen LogP contribution in [0.25, 0.3) is 0 Å². The first-order valence-electron chi connectivity index (χ1n) is 6.96. The lowest BCUT2D eigenvalue weighted by Crippen LogP contribution is -2.36. The molecule has 0 bridgehead atoms. The molecule has 2 aliphatic heterocycles. The van der Waals surface area contributed by atoms with Crippen molar-refractivity contribution >= 4 is 25.5 Å². The van der Waals surface area contributed by atoms with Gasteiger partial charge in [-0.15, -0.1) is 0 Å². The van der Waals surface area contributed by atoms with Gasteiger partial charge >= 0.3 is 0 Å². The van der Waals surface area contributed by atoms with Crippen molar-refractivity contribution in [3.63, 3.8) is 0 Å². The van der Waals surface area contributed by atoms with Crippen LogP contribution in [0.15, 0.2) is 23.1 Å². The van der Waals surface area contributed by atoms with Crippen molar-refractivity contribution in [1.29, 1.82) is 0 Å². The maximum Gasteiger partial charge on any atom is 0.241 e. The van der Waals surface area contributed by atoms with Crippen LogP contribution in [0.2, 0.25) is 0 Å². The highest BCUT2D eigenvalue weighted by Gasteiger charge is 2.32. The van der Waals surface area contributed by atoms with Crippen LogP contribution in [0, 0.1) is 0 Å². The summed E-state index contributed by atoms with van der Waals surface area (Å²) >= 11 is 0. The smallest absolute Gasteiger partial charge is 0.241 e. The van der Waals surface area contributed by atoms with Crippen LogP contribution in [0.1, 0.15) is 18.4 Å². The summed E-state index contributed by atoms with van der Waals surface area (Å²) in [5.41, 5.74) is 1.64. The van der Waals surface area contributed by atoms with Crippen LogP contribution in [0.5, 0.6) is 0 Å². The quantitative estimate of drug-likeness (QED) is 0.842. The number of fused-ring (bicyclic) bond motifs is 1. The molecule has 2 heterocycles. The number of sulfonamides is 1. The number of anilines is 1. The molecule has 116 valence electrons. The summed E-state index contributed by atoms with van der Waals surface area (Å²) in [7, 11) is -6.80. The largest absolute Gasteiger partial charge is 0.385 e. The Morgan fingerprint density at radius 2 is 2.10 bits per heavy atom. The molecule has 21 heavy (non-hydrogen) atoms. The molecule has 0 saturated carbocycles. The van der Waals surface area contributed by atoms with Gasteiger partial charge in [0.1, 0.15) is 0 Å². The molecule has 1 unspecified atom stereocenters. The van der Waals surface area contributed by atoms with Gasteiger partial charge in [-0.3, -0.25) is 0 Å². The fourth-order valence-electron chi connectivity index (χ4n) is 2.90. The number of hydrogen-bond donors (Lipinski definition) is 2. The Hall–Kier alpha value is -1.12. The highest BCUT2D eigenvalue weighted by Crippen LogP contribution is 2.28. The molecule has 1 aromatic rings. The number of benzene rings is 1. The molecular formula is C13H18N2O4S2. The number of rotatable bonds is 3. The van der Waals surface area contributed by atoms with Crippen LogP contribution in [-0.4, -0.2) is 40.9 Å². The molecule has 1 saturated heterocycles. The van der Waals surface area contributed by atoms with E-state index in [0.29, 0.717) is 12.8 Å². The predicted molar refractivity (Wildman–Crippen MR) is 80.6 cm³/mol. The minimum Gasteiger partial charge on any atom is -0.385 e. The lowest BCUT2D eigenvalue weighted by molar-refractivity contribution is 0.561. The minimum atomic E-state index is -3.69. The molecule has 2 N–H and O–H groups in total. The normalized spacial score (nSPS) is 24.3. The van der Waals surface area contributed by atoms with E-state index in [0.717, 1.165) is 24.2 Å². The van der Waals surface area contributed by atoms with Crippen LogP contribution >= 0.6 is 0 Å². The van der Waals surface area contributed by atoms with Gasteiger partial charge in [-0.05, 0) is 37.0 Å². The summed E-state index contributed by atoms with van der Waals surface area (Å²) in [6.07, 6.45) is 1.94. The SMILES string of the molecule is O=S1(=O)CCC(NS(=O)(=O)c2cccc3c2CCCN3)C1. The summed E-state index contributed by atoms with van der Waals surface area (Å²) < 4.78 is 50.5. The number of hydrogen-bond acceptors (Lipinski definition) is 5. The van der Waals surface area contributed by atoms with Crippen molar-refractivity contribution in [2.45, 2.75) is 30.2 Å². The van der Waals surface area contributed by atoms with Gasteiger partial charge in [0, 0.05) is 18.3 Å². The Kier molecular flexibility index (Phi) is 3.71. The second kappa shape index (κ2) is 5.26. The predicted octanol–water partition coefficient (Wildman–Crippen LogP) is 0.510. The summed E-state index contributed by atoms with van der Waals surface area (Å²) in [6.45, 7) is 0.838. The van der Waals surface area contributed by atoms with Gasteiger partial charge in [0.05, 0.1) is 16.4 Å². The van der Waals surface area contributed by atoms with E-state index >= 15 is 0 Å². The maximum atomic E-state index is 12.5. The van der Waals surface area contributed by atoms with Gasteiger partial charge in [0.15, 0.2) is 9.84 Å². The molecule has 1 fully saturated rings. The molecular weight excluding hydrogens is 312 g/mol. The van der Waals surface area contributed by atoms with Crippen LogP contribution in [0.3, 0.4) is 0 Å². The van der Waals surface area contributed by atoms with Crippen molar-refractivity contribution in [1.82, 2.24) is 4.72 Å². The van der Waals surface area contributed by atoms with Crippen molar-refractivity contribution < 1.29 is 16.8 Å². The Balaban J connectivity index is 1.89. The Morgan fingerprint density at radius 1 is 1.29 bits per heavy atom. The van der Waals surface area contributed by atoms with Crippen LogP contribution in [0.4, 0.5) is 5.69 Å². The van der Waals surface area contributed by atoms with Gasteiger partial charge in [-0.2, -0.15) is 0 Å². The molecule has 0 radical (unpaired) electrons. The Labute approximate surface area is 124 Å². The van der Waals surface area contributed by atoms with Crippen molar-refractivity contribution in [3.8, 4) is 0 Å². The molecule has 2 aliphatic rings. The first kappa shape index (κ1) is 14.8. The third kappa shape index (κ3) is 3.07. The third-order valence-electron chi connectivity index (χ3n) is 3.90. The fourth-order valence-corrected chi connectivity index (χ4v) is 6.24. The summed E-state index contributed by atoms with van der Waals surface area (Å²) in [5.74, 6) is -0.0614. The highest BCUT2D eigenvalue weighted by atomic mass is 32.2. The van der Waals surface area contributed by atoms with E-state index in [1.54, 1.807) is 12.1 Å². The Bertz CT molecular complexity index is 756.